The average molecular weight is 334 g/mol. The molecule has 3 rings (SSSR count). The van der Waals surface area contributed by atoms with E-state index in [1.807, 2.05) is 0 Å². The van der Waals surface area contributed by atoms with E-state index in [9.17, 15) is 14.7 Å². The summed E-state index contributed by atoms with van der Waals surface area (Å²) < 4.78 is 9.90. The van der Waals surface area contributed by atoms with E-state index in [4.69, 9.17) is 21.1 Å². The molecule has 1 aliphatic rings. The zero-order valence-corrected chi connectivity index (χ0v) is 12.8. The third kappa shape index (κ3) is 2.52. The second kappa shape index (κ2) is 5.57. The molecule has 0 saturated heterocycles. The van der Waals surface area contributed by atoms with E-state index >= 15 is 0 Å². The Kier molecular flexibility index (Phi) is 3.71. The molecule has 1 unspecified atom stereocenters. The predicted octanol–water partition coefficient (Wildman–Crippen LogP) is 2.30. The standard InChI is InChI=1S/C16H12ClNO5/c1-22-13-7-6-9(8-12(13)17)18-15(20)16(21)11-5-3-2-4-10(11)14(19)23-16/h2-8,21H,1H3,(H,18,20). The molecule has 2 aromatic rings. The number of halogens is 1. The first-order valence-corrected chi connectivity index (χ1v) is 7.03. The van der Waals surface area contributed by atoms with E-state index in [1.165, 1.54) is 25.3 Å². The molecule has 0 aliphatic carbocycles. The normalized spacial score (nSPS) is 19.0. The van der Waals surface area contributed by atoms with Gasteiger partial charge in [-0.3, -0.25) is 4.79 Å². The Morgan fingerprint density at radius 1 is 1.30 bits per heavy atom. The Balaban J connectivity index is 1.89. The van der Waals surface area contributed by atoms with Crippen LogP contribution >= 0.6 is 11.6 Å². The molecule has 0 fully saturated rings. The van der Waals surface area contributed by atoms with E-state index in [0.717, 1.165) is 0 Å². The van der Waals surface area contributed by atoms with Crippen molar-refractivity contribution in [2.24, 2.45) is 0 Å². The highest BCUT2D eigenvalue weighted by molar-refractivity contribution is 6.32. The third-order valence-corrected chi connectivity index (χ3v) is 3.77. The lowest BCUT2D eigenvalue weighted by Gasteiger charge is -2.21. The molecule has 2 aromatic carbocycles. The van der Waals surface area contributed by atoms with Crippen molar-refractivity contribution in [3.63, 3.8) is 0 Å². The van der Waals surface area contributed by atoms with Gasteiger partial charge in [0.25, 0.3) is 0 Å². The van der Waals surface area contributed by atoms with Crippen LogP contribution in [0.2, 0.25) is 5.02 Å². The van der Waals surface area contributed by atoms with Crippen molar-refractivity contribution in [3.8, 4) is 5.75 Å². The van der Waals surface area contributed by atoms with Gasteiger partial charge in [0.15, 0.2) is 0 Å². The summed E-state index contributed by atoms with van der Waals surface area (Å²) in [4.78, 5) is 24.2. The number of carbonyl (C=O) groups excluding carboxylic acids is 2. The minimum Gasteiger partial charge on any atom is -0.495 e. The number of amides is 1. The zero-order valence-electron chi connectivity index (χ0n) is 12.0. The number of anilines is 1. The maximum Gasteiger partial charge on any atom is 0.341 e. The Morgan fingerprint density at radius 2 is 2.04 bits per heavy atom. The number of methoxy groups -OCH3 is 1. The van der Waals surface area contributed by atoms with Crippen LogP contribution in [-0.4, -0.2) is 24.1 Å². The van der Waals surface area contributed by atoms with Gasteiger partial charge in [0.1, 0.15) is 5.75 Å². The van der Waals surface area contributed by atoms with Gasteiger partial charge in [-0.05, 0) is 24.3 Å². The maximum atomic E-state index is 12.4. The van der Waals surface area contributed by atoms with Crippen LogP contribution in [0.5, 0.6) is 5.75 Å². The number of cyclic esters (lactones) is 1. The first kappa shape index (κ1) is 15.3. The highest BCUT2D eigenvalue weighted by Gasteiger charge is 2.50. The topological polar surface area (TPSA) is 84.9 Å². The maximum absolute atomic E-state index is 12.4. The second-order valence-electron chi connectivity index (χ2n) is 4.88. The summed E-state index contributed by atoms with van der Waals surface area (Å²) >= 11 is 5.99. The number of carbonyl (C=O) groups is 2. The highest BCUT2D eigenvalue weighted by atomic mass is 35.5. The molecule has 1 amide bonds. The van der Waals surface area contributed by atoms with Crippen molar-refractivity contribution in [3.05, 3.63) is 58.6 Å². The van der Waals surface area contributed by atoms with Gasteiger partial charge < -0.3 is 19.9 Å². The number of hydrogen-bond donors (Lipinski definition) is 2. The van der Waals surface area contributed by atoms with Crippen LogP contribution in [0, 0.1) is 0 Å². The zero-order chi connectivity index (χ0) is 16.6. The van der Waals surface area contributed by atoms with Crippen LogP contribution < -0.4 is 10.1 Å². The molecule has 0 bridgehead atoms. The van der Waals surface area contributed by atoms with E-state index in [1.54, 1.807) is 24.3 Å². The summed E-state index contributed by atoms with van der Waals surface area (Å²) in [5, 5.41) is 13.3. The van der Waals surface area contributed by atoms with Gasteiger partial charge >= 0.3 is 17.7 Å². The van der Waals surface area contributed by atoms with Crippen molar-refractivity contribution < 1.29 is 24.2 Å². The van der Waals surface area contributed by atoms with Crippen molar-refractivity contribution >= 4 is 29.2 Å². The second-order valence-corrected chi connectivity index (χ2v) is 5.29. The molecule has 1 heterocycles. The SMILES string of the molecule is COc1ccc(NC(=O)C2(O)OC(=O)c3ccccc32)cc1Cl. The molecule has 0 radical (unpaired) electrons. The number of esters is 1. The molecule has 23 heavy (non-hydrogen) atoms. The number of fused-ring (bicyclic) bond motifs is 1. The summed E-state index contributed by atoms with van der Waals surface area (Å²) in [5.74, 6) is -3.58. The van der Waals surface area contributed by atoms with Crippen molar-refractivity contribution in [2.75, 3.05) is 12.4 Å². The lowest BCUT2D eigenvalue weighted by atomic mass is 10.0. The summed E-state index contributed by atoms with van der Waals surface area (Å²) in [6.45, 7) is 0. The fourth-order valence-electron chi connectivity index (χ4n) is 2.33. The van der Waals surface area contributed by atoms with Gasteiger partial charge in [0.2, 0.25) is 0 Å². The third-order valence-electron chi connectivity index (χ3n) is 3.47. The molecule has 118 valence electrons. The summed E-state index contributed by atoms with van der Waals surface area (Å²) in [6, 6.07) is 10.7. The number of benzene rings is 2. The van der Waals surface area contributed by atoms with Gasteiger partial charge in [0, 0.05) is 11.3 Å². The summed E-state index contributed by atoms with van der Waals surface area (Å²) in [5.41, 5.74) is 0.578. The molecule has 2 N–H and O–H groups in total. The summed E-state index contributed by atoms with van der Waals surface area (Å²) in [6.07, 6.45) is 0. The van der Waals surface area contributed by atoms with Crippen LogP contribution in [0.15, 0.2) is 42.5 Å². The number of hydrogen-bond acceptors (Lipinski definition) is 5. The minimum absolute atomic E-state index is 0.0992. The average Bonchev–Trinajstić information content (AvgIpc) is 2.81. The summed E-state index contributed by atoms with van der Waals surface area (Å²) in [7, 11) is 1.47. The van der Waals surface area contributed by atoms with Crippen LogP contribution in [0.3, 0.4) is 0 Å². The molecular formula is C16H12ClNO5. The Hall–Kier alpha value is -2.57. The van der Waals surface area contributed by atoms with Crippen molar-refractivity contribution in [1.82, 2.24) is 0 Å². The van der Waals surface area contributed by atoms with Gasteiger partial charge in [-0.25, -0.2) is 4.79 Å². The van der Waals surface area contributed by atoms with Gasteiger partial charge in [-0.15, -0.1) is 0 Å². The predicted molar refractivity (Wildman–Crippen MR) is 82.4 cm³/mol. The molecule has 7 heteroatoms. The van der Waals surface area contributed by atoms with Crippen LogP contribution in [0.4, 0.5) is 5.69 Å². The lowest BCUT2D eigenvalue weighted by Crippen LogP contribution is -2.40. The number of aliphatic hydroxyl groups is 1. The van der Waals surface area contributed by atoms with E-state index < -0.39 is 17.7 Å². The van der Waals surface area contributed by atoms with Gasteiger partial charge in [-0.2, -0.15) is 0 Å². The molecule has 1 atom stereocenters. The van der Waals surface area contributed by atoms with Crippen LogP contribution in [0.25, 0.3) is 0 Å². The van der Waals surface area contributed by atoms with E-state index in [-0.39, 0.29) is 11.1 Å². The van der Waals surface area contributed by atoms with Gasteiger partial charge in [0.05, 0.1) is 17.7 Å². The number of ether oxygens (including phenoxy) is 2. The Morgan fingerprint density at radius 3 is 2.74 bits per heavy atom. The quantitative estimate of drug-likeness (QED) is 0.842. The molecule has 0 aromatic heterocycles. The largest absolute Gasteiger partial charge is 0.495 e. The highest BCUT2D eigenvalue weighted by Crippen LogP contribution is 2.35. The van der Waals surface area contributed by atoms with Crippen molar-refractivity contribution in [2.45, 2.75) is 5.79 Å². The molecule has 0 saturated carbocycles. The molecule has 6 nitrogen and oxygen atoms in total. The monoisotopic (exact) mass is 333 g/mol. The van der Waals surface area contributed by atoms with Crippen molar-refractivity contribution in [1.29, 1.82) is 0 Å². The van der Waals surface area contributed by atoms with Crippen LogP contribution in [0.1, 0.15) is 15.9 Å². The number of rotatable bonds is 3. The first-order valence-electron chi connectivity index (χ1n) is 6.66. The minimum atomic E-state index is -2.37. The number of nitrogens with one attached hydrogen (secondary N) is 1. The fourth-order valence-corrected chi connectivity index (χ4v) is 2.59. The Bertz CT molecular complexity index is 807. The molecule has 0 spiro atoms. The first-order chi connectivity index (χ1) is 11.0. The molecule has 1 aliphatic heterocycles. The lowest BCUT2D eigenvalue weighted by molar-refractivity contribution is -0.180. The molecular weight excluding hydrogens is 322 g/mol. The fraction of sp³-hybridized carbons (Fsp3) is 0.125. The van der Waals surface area contributed by atoms with Gasteiger partial charge in [-0.1, -0.05) is 29.8 Å². The van der Waals surface area contributed by atoms with E-state index in [2.05, 4.69) is 5.32 Å². The van der Waals surface area contributed by atoms with Crippen LogP contribution in [-0.2, 0) is 15.3 Å². The smallest absolute Gasteiger partial charge is 0.341 e. The van der Waals surface area contributed by atoms with E-state index in [0.29, 0.717) is 16.5 Å². The Labute approximate surface area is 136 Å².